The fraction of sp³-hybridized carbons (Fsp3) is 0.0870. The summed E-state index contributed by atoms with van der Waals surface area (Å²) in [7, 11) is 0. The Kier molecular flexibility index (Phi) is 5.52. The molecule has 1 N–H and O–H groups in total. The molecule has 4 aromatic rings. The van der Waals surface area contributed by atoms with Gasteiger partial charge >= 0.3 is 0 Å². The number of carbonyl (C=O) groups excluding carboxylic acids is 1. The predicted octanol–water partition coefficient (Wildman–Crippen LogP) is 4.87. The summed E-state index contributed by atoms with van der Waals surface area (Å²) in [6.07, 6.45) is 0. The van der Waals surface area contributed by atoms with Crippen LogP contribution in [-0.4, -0.2) is 22.7 Å². The summed E-state index contributed by atoms with van der Waals surface area (Å²) >= 11 is 0. The first-order valence-corrected chi connectivity index (χ1v) is 9.27. The Bertz CT molecular complexity index is 1170. The van der Waals surface area contributed by atoms with Crippen molar-refractivity contribution in [3.05, 3.63) is 84.2 Å². The second kappa shape index (κ2) is 8.57. The average Bonchev–Trinajstić information content (AvgIpc) is 3.25. The number of ether oxygens (including phenoxy) is 1. The van der Waals surface area contributed by atoms with Gasteiger partial charge in [-0.15, -0.1) is 0 Å². The largest absolute Gasteiger partial charge is 0.483 e. The third-order valence-corrected chi connectivity index (χ3v) is 4.42. The van der Waals surface area contributed by atoms with Gasteiger partial charge in [-0.2, -0.15) is 4.98 Å². The van der Waals surface area contributed by atoms with E-state index in [0.717, 1.165) is 11.3 Å². The SMILES string of the molecule is Cc1ccccc1NC(=O)COc1ccccc1-c1noc(-c2ccc(F)cc2)n1. The first kappa shape index (κ1) is 19.3. The molecule has 0 unspecified atom stereocenters. The number of nitrogens with zero attached hydrogens (tertiary/aromatic N) is 2. The first-order valence-electron chi connectivity index (χ1n) is 9.27. The second-order valence-electron chi connectivity index (χ2n) is 6.58. The number of rotatable bonds is 6. The molecule has 4 rings (SSSR count). The van der Waals surface area contributed by atoms with Gasteiger partial charge in [0, 0.05) is 11.3 Å². The maximum absolute atomic E-state index is 13.1. The molecule has 1 heterocycles. The summed E-state index contributed by atoms with van der Waals surface area (Å²) in [4.78, 5) is 16.7. The summed E-state index contributed by atoms with van der Waals surface area (Å²) in [6, 6.07) is 20.4. The van der Waals surface area contributed by atoms with Crippen molar-refractivity contribution in [2.75, 3.05) is 11.9 Å². The van der Waals surface area contributed by atoms with Crippen LogP contribution >= 0.6 is 0 Å². The maximum atomic E-state index is 13.1. The number of anilines is 1. The second-order valence-corrected chi connectivity index (χ2v) is 6.58. The molecule has 7 heteroatoms. The monoisotopic (exact) mass is 403 g/mol. The van der Waals surface area contributed by atoms with Crippen molar-refractivity contribution in [3.8, 4) is 28.6 Å². The summed E-state index contributed by atoms with van der Waals surface area (Å²) in [5.74, 6) is 0.394. The molecule has 0 spiro atoms. The number of aryl methyl sites for hydroxylation is 1. The molecule has 0 atom stereocenters. The van der Waals surface area contributed by atoms with Gasteiger partial charge in [-0.05, 0) is 55.0 Å². The van der Waals surface area contributed by atoms with E-state index in [2.05, 4.69) is 15.5 Å². The molecule has 1 amide bonds. The zero-order valence-corrected chi connectivity index (χ0v) is 16.1. The van der Waals surface area contributed by atoms with Crippen LogP contribution in [0, 0.1) is 12.7 Å². The Morgan fingerprint density at radius 1 is 1.03 bits per heavy atom. The highest BCUT2D eigenvalue weighted by Crippen LogP contribution is 2.29. The lowest BCUT2D eigenvalue weighted by Gasteiger charge is -2.11. The van der Waals surface area contributed by atoms with Crippen molar-refractivity contribution >= 4 is 11.6 Å². The highest BCUT2D eigenvalue weighted by atomic mass is 19.1. The minimum Gasteiger partial charge on any atom is -0.483 e. The smallest absolute Gasteiger partial charge is 0.262 e. The molecule has 150 valence electrons. The molecule has 0 radical (unpaired) electrons. The molecule has 0 saturated carbocycles. The molecule has 0 saturated heterocycles. The van der Waals surface area contributed by atoms with E-state index in [0.29, 0.717) is 22.7 Å². The Hall–Kier alpha value is -4.00. The lowest BCUT2D eigenvalue weighted by atomic mass is 10.2. The van der Waals surface area contributed by atoms with E-state index in [1.54, 1.807) is 30.3 Å². The molecule has 6 nitrogen and oxygen atoms in total. The molecule has 1 aromatic heterocycles. The van der Waals surface area contributed by atoms with Crippen LogP contribution in [0.4, 0.5) is 10.1 Å². The van der Waals surface area contributed by atoms with E-state index in [1.165, 1.54) is 12.1 Å². The molecule has 0 aliphatic carbocycles. The molecule has 0 fully saturated rings. The van der Waals surface area contributed by atoms with E-state index >= 15 is 0 Å². The number of para-hydroxylation sites is 2. The highest BCUT2D eigenvalue weighted by Gasteiger charge is 2.15. The maximum Gasteiger partial charge on any atom is 0.262 e. The Morgan fingerprint density at radius 3 is 2.57 bits per heavy atom. The minimum atomic E-state index is -0.346. The molecule has 3 aromatic carbocycles. The van der Waals surface area contributed by atoms with Gasteiger partial charge in [0.05, 0.1) is 5.56 Å². The standard InChI is InChI=1S/C23H18FN3O3/c1-15-6-2-4-8-19(15)25-21(28)14-29-20-9-5-3-7-18(20)22-26-23(30-27-22)16-10-12-17(24)13-11-16/h2-13H,14H2,1H3,(H,25,28). The lowest BCUT2D eigenvalue weighted by molar-refractivity contribution is -0.118. The normalized spacial score (nSPS) is 10.6. The van der Waals surface area contributed by atoms with Crippen LogP contribution in [0.1, 0.15) is 5.56 Å². The fourth-order valence-corrected chi connectivity index (χ4v) is 2.86. The predicted molar refractivity (Wildman–Crippen MR) is 110 cm³/mol. The topological polar surface area (TPSA) is 77.2 Å². The van der Waals surface area contributed by atoms with Crippen LogP contribution in [-0.2, 0) is 4.79 Å². The molecule has 30 heavy (non-hydrogen) atoms. The van der Waals surface area contributed by atoms with Gasteiger partial charge in [-0.25, -0.2) is 4.39 Å². The summed E-state index contributed by atoms with van der Waals surface area (Å²) in [5, 5.41) is 6.82. The number of amides is 1. The Labute approximate surface area is 172 Å². The average molecular weight is 403 g/mol. The van der Waals surface area contributed by atoms with Crippen molar-refractivity contribution in [3.63, 3.8) is 0 Å². The van der Waals surface area contributed by atoms with Crippen LogP contribution in [0.25, 0.3) is 22.8 Å². The number of benzene rings is 3. The van der Waals surface area contributed by atoms with Crippen molar-refractivity contribution in [2.24, 2.45) is 0 Å². The highest BCUT2D eigenvalue weighted by molar-refractivity contribution is 5.92. The molecular formula is C23H18FN3O3. The zero-order valence-electron chi connectivity index (χ0n) is 16.1. The Balaban J connectivity index is 1.48. The third-order valence-electron chi connectivity index (χ3n) is 4.42. The van der Waals surface area contributed by atoms with E-state index in [9.17, 15) is 9.18 Å². The van der Waals surface area contributed by atoms with Crippen molar-refractivity contribution in [1.29, 1.82) is 0 Å². The van der Waals surface area contributed by atoms with Crippen molar-refractivity contribution in [2.45, 2.75) is 6.92 Å². The van der Waals surface area contributed by atoms with E-state index in [4.69, 9.17) is 9.26 Å². The molecular weight excluding hydrogens is 385 g/mol. The minimum absolute atomic E-state index is 0.173. The molecule has 0 aliphatic heterocycles. The molecule has 0 bridgehead atoms. The van der Waals surface area contributed by atoms with Crippen molar-refractivity contribution in [1.82, 2.24) is 10.1 Å². The van der Waals surface area contributed by atoms with Gasteiger partial charge in [0.15, 0.2) is 6.61 Å². The van der Waals surface area contributed by atoms with Crippen LogP contribution in [0.15, 0.2) is 77.3 Å². The first-order chi connectivity index (χ1) is 14.6. The number of carbonyl (C=O) groups is 1. The number of aromatic nitrogens is 2. The third kappa shape index (κ3) is 4.35. The van der Waals surface area contributed by atoms with Crippen LogP contribution in [0.5, 0.6) is 5.75 Å². The number of halogens is 1. The van der Waals surface area contributed by atoms with Gasteiger partial charge in [-0.1, -0.05) is 35.5 Å². The molecule has 0 aliphatic rings. The summed E-state index contributed by atoms with van der Waals surface area (Å²) < 4.78 is 24.1. The van der Waals surface area contributed by atoms with E-state index in [1.807, 2.05) is 37.3 Å². The lowest BCUT2D eigenvalue weighted by Crippen LogP contribution is -2.20. The fourth-order valence-electron chi connectivity index (χ4n) is 2.86. The van der Waals surface area contributed by atoms with Crippen LogP contribution in [0.3, 0.4) is 0 Å². The van der Waals surface area contributed by atoms with E-state index < -0.39 is 0 Å². The van der Waals surface area contributed by atoms with Crippen molar-refractivity contribution < 1.29 is 18.4 Å². The van der Waals surface area contributed by atoms with Gasteiger partial charge in [0.1, 0.15) is 11.6 Å². The number of hydrogen-bond donors (Lipinski definition) is 1. The zero-order chi connectivity index (χ0) is 20.9. The van der Waals surface area contributed by atoms with Gasteiger partial charge < -0.3 is 14.6 Å². The summed E-state index contributed by atoms with van der Waals surface area (Å²) in [5.41, 5.74) is 2.89. The number of hydrogen-bond acceptors (Lipinski definition) is 5. The van der Waals surface area contributed by atoms with Gasteiger partial charge in [-0.3, -0.25) is 4.79 Å². The quantitative estimate of drug-likeness (QED) is 0.497. The number of nitrogens with one attached hydrogen (secondary N) is 1. The van der Waals surface area contributed by atoms with E-state index in [-0.39, 0.29) is 24.2 Å². The summed E-state index contributed by atoms with van der Waals surface area (Å²) in [6.45, 7) is 1.74. The Morgan fingerprint density at radius 2 is 1.77 bits per heavy atom. The van der Waals surface area contributed by atoms with Crippen LogP contribution in [0.2, 0.25) is 0 Å². The van der Waals surface area contributed by atoms with Gasteiger partial charge in [0.25, 0.3) is 11.8 Å². The van der Waals surface area contributed by atoms with Gasteiger partial charge in [0.2, 0.25) is 5.82 Å². The van der Waals surface area contributed by atoms with Crippen LogP contribution < -0.4 is 10.1 Å².